The SMILES string of the molecule is CCC(OC(=O)Cc1ccc(C)cc1)C(=O)Nc1cc(C)on1. The van der Waals surface area contributed by atoms with Gasteiger partial charge in [-0.05, 0) is 25.8 Å². The largest absolute Gasteiger partial charge is 0.452 e. The van der Waals surface area contributed by atoms with Gasteiger partial charge in [0.05, 0.1) is 6.42 Å². The van der Waals surface area contributed by atoms with Crippen LogP contribution in [-0.2, 0) is 20.7 Å². The number of rotatable bonds is 6. The number of carbonyl (C=O) groups excluding carboxylic acids is 2. The zero-order valence-electron chi connectivity index (χ0n) is 13.5. The number of amides is 1. The quantitative estimate of drug-likeness (QED) is 0.829. The molecule has 2 aromatic rings. The molecule has 0 spiro atoms. The molecule has 1 heterocycles. The van der Waals surface area contributed by atoms with Crippen molar-refractivity contribution in [2.24, 2.45) is 0 Å². The Morgan fingerprint density at radius 3 is 2.52 bits per heavy atom. The fraction of sp³-hybridized carbons (Fsp3) is 0.353. The van der Waals surface area contributed by atoms with Crippen LogP contribution in [0.4, 0.5) is 5.82 Å². The molecule has 0 fully saturated rings. The van der Waals surface area contributed by atoms with Crippen molar-refractivity contribution in [3.63, 3.8) is 0 Å². The van der Waals surface area contributed by atoms with Crippen molar-refractivity contribution in [1.29, 1.82) is 0 Å². The van der Waals surface area contributed by atoms with E-state index in [2.05, 4.69) is 10.5 Å². The van der Waals surface area contributed by atoms with Crippen LogP contribution in [0.5, 0.6) is 0 Å². The maximum absolute atomic E-state index is 12.1. The number of aryl methyl sites for hydroxylation is 2. The molecule has 0 saturated heterocycles. The molecular formula is C17H20N2O4. The van der Waals surface area contributed by atoms with Crippen molar-refractivity contribution in [2.45, 2.75) is 39.7 Å². The highest BCUT2D eigenvalue weighted by Gasteiger charge is 2.22. The van der Waals surface area contributed by atoms with Crippen molar-refractivity contribution in [3.8, 4) is 0 Å². The topological polar surface area (TPSA) is 81.4 Å². The van der Waals surface area contributed by atoms with Crippen molar-refractivity contribution >= 4 is 17.7 Å². The fourth-order valence-electron chi connectivity index (χ4n) is 2.03. The van der Waals surface area contributed by atoms with E-state index in [1.807, 2.05) is 31.2 Å². The normalized spacial score (nSPS) is 11.8. The minimum Gasteiger partial charge on any atom is -0.452 e. The van der Waals surface area contributed by atoms with Crippen LogP contribution in [0.2, 0.25) is 0 Å². The number of nitrogens with one attached hydrogen (secondary N) is 1. The molecule has 1 aromatic heterocycles. The minimum atomic E-state index is -0.857. The standard InChI is InChI=1S/C17H20N2O4/c1-4-14(17(21)18-15-9-12(3)23-19-15)22-16(20)10-13-7-5-11(2)6-8-13/h5-9,14H,4,10H2,1-3H3,(H,18,19,21). The van der Waals surface area contributed by atoms with E-state index >= 15 is 0 Å². The van der Waals surface area contributed by atoms with Gasteiger partial charge >= 0.3 is 5.97 Å². The first-order valence-corrected chi connectivity index (χ1v) is 7.47. The zero-order chi connectivity index (χ0) is 16.8. The van der Waals surface area contributed by atoms with Crippen molar-refractivity contribution in [3.05, 3.63) is 47.2 Å². The zero-order valence-corrected chi connectivity index (χ0v) is 13.5. The predicted octanol–water partition coefficient (Wildman–Crippen LogP) is 2.79. The van der Waals surface area contributed by atoms with Gasteiger partial charge in [-0.1, -0.05) is 41.9 Å². The van der Waals surface area contributed by atoms with Gasteiger partial charge in [-0.3, -0.25) is 9.59 Å². The average molecular weight is 316 g/mol. The molecule has 1 amide bonds. The number of ether oxygens (including phenoxy) is 1. The van der Waals surface area contributed by atoms with Crippen LogP contribution in [0.25, 0.3) is 0 Å². The average Bonchev–Trinajstić information content (AvgIpc) is 2.92. The van der Waals surface area contributed by atoms with Crippen LogP contribution in [0.15, 0.2) is 34.9 Å². The Hall–Kier alpha value is -2.63. The molecule has 1 aromatic carbocycles. The van der Waals surface area contributed by atoms with Crippen molar-refractivity contribution < 1.29 is 18.8 Å². The van der Waals surface area contributed by atoms with Crippen molar-refractivity contribution in [1.82, 2.24) is 5.16 Å². The molecule has 2 rings (SSSR count). The molecule has 23 heavy (non-hydrogen) atoms. The first-order valence-electron chi connectivity index (χ1n) is 7.47. The molecule has 6 nitrogen and oxygen atoms in total. The third kappa shape index (κ3) is 4.95. The van der Waals surface area contributed by atoms with Crippen LogP contribution in [0.3, 0.4) is 0 Å². The van der Waals surface area contributed by atoms with E-state index in [1.165, 1.54) is 0 Å². The number of hydrogen-bond acceptors (Lipinski definition) is 5. The molecule has 6 heteroatoms. The second kappa shape index (κ2) is 7.58. The first-order chi connectivity index (χ1) is 11.0. The van der Waals surface area contributed by atoms with Crippen LogP contribution in [-0.4, -0.2) is 23.1 Å². The molecule has 0 aliphatic heterocycles. The molecular weight excluding hydrogens is 296 g/mol. The lowest BCUT2D eigenvalue weighted by atomic mass is 10.1. The lowest BCUT2D eigenvalue weighted by Gasteiger charge is -2.15. The number of carbonyl (C=O) groups is 2. The number of esters is 1. The van der Waals surface area contributed by atoms with Gasteiger partial charge in [0.2, 0.25) is 0 Å². The minimum absolute atomic E-state index is 0.132. The highest BCUT2D eigenvalue weighted by Crippen LogP contribution is 2.11. The second-order valence-electron chi connectivity index (χ2n) is 5.36. The van der Waals surface area contributed by atoms with E-state index in [4.69, 9.17) is 9.26 Å². The third-order valence-corrected chi connectivity index (χ3v) is 3.29. The number of anilines is 1. The maximum Gasteiger partial charge on any atom is 0.311 e. The second-order valence-corrected chi connectivity index (χ2v) is 5.36. The van der Waals surface area contributed by atoms with E-state index in [0.717, 1.165) is 11.1 Å². The smallest absolute Gasteiger partial charge is 0.311 e. The summed E-state index contributed by atoms with van der Waals surface area (Å²) in [4.78, 5) is 24.1. The summed E-state index contributed by atoms with van der Waals surface area (Å²) in [5.41, 5.74) is 1.97. The van der Waals surface area contributed by atoms with Crippen LogP contribution in [0.1, 0.15) is 30.2 Å². The van der Waals surface area contributed by atoms with Crippen LogP contribution < -0.4 is 5.32 Å². The molecule has 0 aliphatic rings. The number of nitrogens with zero attached hydrogens (tertiary/aromatic N) is 1. The molecule has 0 aliphatic carbocycles. The molecule has 1 atom stereocenters. The highest BCUT2D eigenvalue weighted by molar-refractivity contribution is 5.94. The Morgan fingerprint density at radius 1 is 1.26 bits per heavy atom. The summed E-state index contributed by atoms with van der Waals surface area (Å²) in [5.74, 6) is 0.0375. The maximum atomic E-state index is 12.1. The van der Waals surface area contributed by atoms with Crippen LogP contribution in [0, 0.1) is 13.8 Å². The van der Waals surface area contributed by atoms with E-state index in [1.54, 1.807) is 19.9 Å². The Morgan fingerprint density at radius 2 is 1.96 bits per heavy atom. The van der Waals surface area contributed by atoms with Gasteiger partial charge < -0.3 is 14.6 Å². The molecule has 0 radical (unpaired) electrons. The summed E-state index contributed by atoms with van der Waals surface area (Å²) >= 11 is 0. The lowest BCUT2D eigenvalue weighted by Crippen LogP contribution is -2.32. The van der Waals surface area contributed by atoms with Gasteiger partial charge in [0.1, 0.15) is 5.76 Å². The lowest BCUT2D eigenvalue weighted by molar-refractivity contribution is -0.153. The number of hydrogen-bond donors (Lipinski definition) is 1. The third-order valence-electron chi connectivity index (χ3n) is 3.29. The van der Waals surface area contributed by atoms with Gasteiger partial charge in [-0.15, -0.1) is 0 Å². The van der Waals surface area contributed by atoms with E-state index in [0.29, 0.717) is 18.0 Å². The van der Waals surface area contributed by atoms with Gasteiger partial charge in [0, 0.05) is 6.07 Å². The Bertz CT molecular complexity index is 676. The molecule has 0 saturated carbocycles. The molecule has 1 unspecified atom stereocenters. The van der Waals surface area contributed by atoms with Gasteiger partial charge in [-0.2, -0.15) is 0 Å². The van der Waals surface area contributed by atoms with Gasteiger partial charge in [0.25, 0.3) is 5.91 Å². The first kappa shape index (κ1) is 16.7. The fourth-order valence-corrected chi connectivity index (χ4v) is 2.03. The van der Waals surface area contributed by atoms with E-state index in [-0.39, 0.29) is 6.42 Å². The Balaban J connectivity index is 1.91. The summed E-state index contributed by atoms with van der Waals surface area (Å²) in [6.07, 6.45) is -0.347. The number of benzene rings is 1. The van der Waals surface area contributed by atoms with Gasteiger partial charge in [0.15, 0.2) is 11.9 Å². The van der Waals surface area contributed by atoms with E-state index < -0.39 is 18.0 Å². The van der Waals surface area contributed by atoms with E-state index in [9.17, 15) is 9.59 Å². The summed E-state index contributed by atoms with van der Waals surface area (Å²) in [6, 6.07) is 9.20. The Kier molecular flexibility index (Phi) is 5.51. The molecule has 0 bridgehead atoms. The Labute approximate surface area is 134 Å². The highest BCUT2D eigenvalue weighted by atomic mass is 16.5. The molecule has 1 N–H and O–H groups in total. The summed E-state index contributed by atoms with van der Waals surface area (Å²) in [6.45, 7) is 5.48. The van der Waals surface area contributed by atoms with Crippen LogP contribution >= 0.6 is 0 Å². The number of aromatic nitrogens is 1. The molecule has 122 valence electrons. The summed E-state index contributed by atoms with van der Waals surface area (Å²) < 4.78 is 10.1. The van der Waals surface area contributed by atoms with Crippen molar-refractivity contribution in [2.75, 3.05) is 5.32 Å². The summed E-state index contributed by atoms with van der Waals surface area (Å²) in [7, 11) is 0. The predicted molar refractivity (Wildman–Crippen MR) is 84.9 cm³/mol. The summed E-state index contributed by atoms with van der Waals surface area (Å²) in [5, 5.41) is 6.25. The monoisotopic (exact) mass is 316 g/mol. The van der Waals surface area contributed by atoms with Gasteiger partial charge in [-0.25, -0.2) is 0 Å².